The molecule has 16 heavy (non-hydrogen) atoms. The average Bonchev–Trinajstić information content (AvgIpc) is 2.31. The molecular formula is C14H27NO. The van der Waals surface area contributed by atoms with E-state index in [4.69, 9.17) is 4.74 Å². The Balaban J connectivity index is 1.78. The molecule has 1 aliphatic carbocycles. The second-order valence-electron chi connectivity index (χ2n) is 5.70. The lowest BCUT2D eigenvalue weighted by molar-refractivity contribution is -0.118. The first-order valence-electron chi connectivity index (χ1n) is 7.13. The molecule has 0 amide bonds. The summed E-state index contributed by atoms with van der Waals surface area (Å²) in [6.45, 7) is 2.19. The Morgan fingerprint density at radius 1 is 1.25 bits per heavy atom. The molecule has 94 valence electrons. The number of hydrogen-bond donors (Lipinski definition) is 1. The molecule has 2 nitrogen and oxygen atoms in total. The van der Waals surface area contributed by atoms with Crippen LogP contribution in [0.1, 0.15) is 57.8 Å². The van der Waals surface area contributed by atoms with Crippen LogP contribution in [0.5, 0.6) is 0 Å². The Labute approximate surface area is 100 Å². The van der Waals surface area contributed by atoms with E-state index >= 15 is 0 Å². The third-order valence-corrected chi connectivity index (χ3v) is 4.40. The van der Waals surface area contributed by atoms with Crippen molar-refractivity contribution in [2.75, 3.05) is 20.2 Å². The molecule has 1 atom stereocenters. The Kier molecular flexibility index (Phi) is 4.66. The first kappa shape index (κ1) is 12.4. The Bertz CT molecular complexity index is 193. The molecule has 0 aromatic carbocycles. The largest absolute Gasteiger partial charge is 0.375 e. The van der Waals surface area contributed by atoms with Crippen LogP contribution in [0.4, 0.5) is 0 Å². The van der Waals surface area contributed by atoms with Gasteiger partial charge in [-0.25, -0.2) is 0 Å². The van der Waals surface area contributed by atoms with E-state index in [2.05, 4.69) is 5.32 Å². The summed E-state index contributed by atoms with van der Waals surface area (Å²) in [6, 6.07) is 0. The lowest BCUT2D eigenvalue weighted by atomic mass is 9.75. The van der Waals surface area contributed by atoms with Gasteiger partial charge in [-0.3, -0.25) is 0 Å². The molecule has 0 bridgehead atoms. The van der Waals surface area contributed by atoms with Crippen molar-refractivity contribution in [1.82, 2.24) is 5.32 Å². The summed E-state index contributed by atoms with van der Waals surface area (Å²) < 4.78 is 6.13. The van der Waals surface area contributed by atoms with Gasteiger partial charge in [0.1, 0.15) is 0 Å². The minimum atomic E-state index is 0.306. The first-order valence-corrected chi connectivity index (χ1v) is 7.13. The second-order valence-corrected chi connectivity index (χ2v) is 5.70. The normalized spacial score (nSPS) is 29.4. The van der Waals surface area contributed by atoms with Gasteiger partial charge in [-0.1, -0.05) is 19.3 Å². The van der Waals surface area contributed by atoms with Crippen molar-refractivity contribution in [2.24, 2.45) is 5.92 Å². The molecule has 1 unspecified atom stereocenters. The highest BCUT2D eigenvalue weighted by molar-refractivity contribution is 4.89. The Morgan fingerprint density at radius 3 is 2.81 bits per heavy atom. The van der Waals surface area contributed by atoms with Crippen molar-refractivity contribution in [3.05, 3.63) is 0 Å². The Morgan fingerprint density at radius 2 is 2.06 bits per heavy atom. The van der Waals surface area contributed by atoms with Gasteiger partial charge in [0, 0.05) is 6.61 Å². The first-order chi connectivity index (χ1) is 7.85. The van der Waals surface area contributed by atoms with Crippen molar-refractivity contribution >= 4 is 0 Å². The van der Waals surface area contributed by atoms with Crippen LogP contribution in [0.15, 0.2) is 0 Å². The molecule has 1 aliphatic heterocycles. The topological polar surface area (TPSA) is 21.3 Å². The van der Waals surface area contributed by atoms with Crippen LogP contribution in [0.3, 0.4) is 0 Å². The highest BCUT2D eigenvalue weighted by atomic mass is 16.5. The molecule has 0 radical (unpaired) electrons. The highest BCUT2D eigenvalue weighted by Crippen LogP contribution is 2.41. The molecule has 1 spiro atoms. The van der Waals surface area contributed by atoms with Crippen molar-refractivity contribution < 1.29 is 4.74 Å². The van der Waals surface area contributed by atoms with Crippen molar-refractivity contribution in [3.8, 4) is 0 Å². The van der Waals surface area contributed by atoms with Gasteiger partial charge in [0.2, 0.25) is 0 Å². The van der Waals surface area contributed by atoms with E-state index in [-0.39, 0.29) is 0 Å². The molecular weight excluding hydrogens is 198 g/mol. The van der Waals surface area contributed by atoms with Crippen LogP contribution in [-0.4, -0.2) is 25.8 Å². The summed E-state index contributed by atoms with van der Waals surface area (Å²) in [5.74, 6) is 0.931. The summed E-state index contributed by atoms with van der Waals surface area (Å²) in [6.07, 6.45) is 12.2. The average molecular weight is 225 g/mol. The SMILES string of the molecule is CNCCCC1CCOC2(CCCCC2)C1. The Hall–Kier alpha value is -0.0800. The van der Waals surface area contributed by atoms with Gasteiger partial charge in [0.25, 0.3) is 0 Å². The van der Waals surface area contributed by atoms with Crippen LogP contribution < -0.4 is 5.32 Å². The lowest BCUT2D eigenvalue weighted by Crippen LogP contribution is -2.41. The van der Waals surface area contributed by atoms with Crippen molar-refractivity contribution in [3.63, 3.8) is 0 Å². The van der Waals surface area contributed by atoms with Crippen LogP contribution in [0.25, 0.3) is 0 Å². The second kappa shape index (κ2) is 6.02. The maximum absolute atomic E-state index is 6.13. The fourth-order valence-electron chi connectivity index (χ4n) is 3.49. The smallest absolute Gasteiger partial charge is 0.0685 e. The van der Waals surface area contributed by atoms with Gasteiger partial charge in [0.15, 0.2) is 0 Å². The van der Waals surface area contributed by atoms with Gasteiger partial charge >= 0.3 is 0 Å². The molecule has 2 aliphatic rings. The van der Waals surface area contributed by atoms with E-state index < -0.39 is 0 Å². The third-order valence-electron chi connectivity index (χ3n) is 4.40. The zero-order chi connectivity index (χ0) is 11.3. The van der Waals surface area contributed by atoms with Crippen LogP contribution >= 0.6 is 0 Å². The monoisotopic (exact) mass is 225 g/mol. The summed E-state index contributed by atoms with van der Waals surface area (Å²) in [5.41, 5.74) is 0.306. The van der Waals surface area contributed by atoms with Gasteiger partial charge < -0.3 is 10.1 Å². The van der Waals surface area contributed by atoms with Crippen LogP contribution in [0.2, 0.25) is 0 Å². The lowest BCUT2D eigenvalue weighted by Gasteiger charge is -2.43. The fraction of sp³-hybridized carbons (Fsp3) is 1.00. The van der Waals surface area contributed by atoms with Gasteiger partial charge in [-0.05, 0) is 58.0 Å². The summed E-state index contributed by atoms with van der Waals surface area (Å²) >= 11 is 0. The van der Waals surface area contributed by atoms with E-state index in [1.165, 1.54) is 64.3 Å². The van der Waals surface area contributed by atoms with E-state index in [1.807, 2.05) is 7.05 Å². The number of rotatable bonds is 4. The molecule has 2 fully saturated rings. The maximum Gasteiger partial charge on any atom is 0.0685 e. The number of ether oxygens (including phenoxy) is 1. The predicted molar refractivity (Wildman–Crippen MR) is 67.7 cm³/mol. The minimum Gasteiger partial charge on any atom is -0.375 e. The molecule has 0 aromatic heterocycles. The molecule has 1 N–H and O–H groups in total. The molecule has 1 heterocycles. The van der Waals surface area contributed by atoms with E-state index in [0.717, 1.165) is 12.5 Å². The zero-order valence-corrected chi connectivity index (χ0v) is 10.8. The van der Waals surface area contributed by atoms with Gasteiger partial charge in [-0.2, -0.15) is 0 Å². The molecule has 0 aromatic rings. The van der Waals surface area contributed by atoms with Crippen LogP contribution in [0, 0.1) is 5.92 Å². The number of nitrogens with one attached hydrogen (secondary N) is 1. The summed E-state index contributed by atoms with van der Waals surface area (Å²) in [7, 11) is 2.05. The molecule has 1 saturated carbocycles. The summed E-state index contributed by atoms with van der Waals surface area (Å²) in [4.78, 5) is 0. The summed E-state index contributed by atoms with van der Waals surface area (Å²) in [5, 5.41) is 3.25. The maximum atomic E-state index is 6.13. The van der Waals surface area contributed by atoms with E-state index in [9.17, 15) is 0 Å². The van der Waals surface area contributed by atoms with E-state index in [1.54, 1.807) is 0 Å². The van der Waals surface area contributed by atoms with Crippen molar-refractivity contribution in [1.29, 1.82) is 0 Å². The molecule has 1 saturated heterocycles. The fourth-order valence-corrected chi connectivity index (χ4v) is 3.49. The zero-order valence-electron chi connectivity index (χ0n) is 10.8. The highest BCUT2D eigenvalue weighted by Gasteiger charge is 2.37. The predicted octanol–water partition coefficient (Wildman–Crippen LogP) is 3.12. The standard InChI is InChI=1S/C14H27NO/c1-15-10-5-6-13-7-11-16-14(12-13)8-3-2-4-9-14/h13,15H,2-12H2,1H3. The quantitative estimate of drug-likeness (QED) is 0.742. The van der Waals surface area contributed by atoms with Gasteiger partial charge in [0.05, 0.1) is 5.60 Å². The van der Waals surface area contributed by atoms with Gasteiger partial charge in [-0.15, -0.1) is 0 Å². The minimum absolute atomic E-state index is 0.306. The molecule has 2 rings (SSSR count). The third kappa shape index (κ3) is 3.21. The van der Waals surface area contributed by atoms with E-state index in [0.29, 0.717) is 5.60 Å². The number of hydrogen-bond acceptors (Lipinski definition) is 2. The van der Waals surface area contributed by atoms with Crippen molar-refractivity contribution in [2.45, 2.75) is 63.4 Å². The van der Waals surface area contributed by atoms with Crippen LogP contribution in [-0.2, 0) is 4.74 Å². The molecule has 2 heteroatoms.